The van der Waals surface area contributed by atoms with Gasteiger partial charge in [-0.15, -0.1) is 0 Å². The zero-order valence-corrected chi connectivity index (χ0v) is 13.4. The van der Waals surface area contributed by atoms with Crippen LogP contribution >= 0.6 is 0 Å². The zero-order chi connectivity index (χ0) is 14.9. The Morgan fingerprint density at radius 1 is 1.14 bits per heavy atom. The Bertz CT molecular complexity index is 610. The fourth-order valence-corrected chi connectivity index (χ4v) is 6.30. The first kappa shape index (κ1) is 13.1. The maximum atomic E-state index is 13.2. The molecule has 5 aliphatic rings. The SMILES string of the molecule is Cn1nc2c(c1NC(=O)C13CC4CC(CC(C4)C1)C3)CCC2. The van der Waals surface area contributed by atoms with Gasteiger partial charge < -0.3 is 5.32 Å². The predicted molar refractivity (Wildman–Crippen MR) is 84.5 cm³/mol. The number of nitrogens with one attached hydrogen (secondary N) is 1. The van der Waals surface area contributed by atoms with E-state index in [2.05, 4.69) is 10.4 Å². The largest absolute Gasteiger partial charge is 0.310 e. The number of rotatable bonds is 2. The molecule has 0 spiro atoms. The minimum atomic E-state index is -0.0650. The van der Waals surface area contributed by atoms with E-state index in [0.717, 1.165) is 55.7 Å². The van der Waals surface area contributed by atoms with Crippen molar-refractivity contribution in [1.29, 1.82) is 0 Å². The lowest BCUT2D eigenvalue weighted by Crippen LogP contribution is -2.52. The molecule has 0 aliphatic heterocycles. The van der Waals surface area contributed by atoms with E-state index in [9.17, 15) is 4.79 Å². The van der Waals surface area contributed by atoms with Gasteiger partial charge >= 0.3 is 0 Å². The first-order chi connectivity index (χ1) is 10.6. The van der Waals surface area contributed by atoms with Crippen LogP contribution in [0.1, 0.15) is 56.2 Å². The summed E-state index contributed by atoms with van der Waals surface area (Å²) < 4.78 is 1.89. The number of fused-ring (bicyclic) bond motifs is 1. The van der Waals surface area contributed by atoms with Crippen molar-refractivity contribution in [1.82, 2.24) is 9.78 Å². The molecule has 0 atom stereocenters. The summed E-state index contributed by atoms with van der Waals surface area (Å²) in [6.45, 7) is 0. The van der Waals surface area contributed by atoms with Crippen LogP contribution in [0, 0.1) is 23.2 Å². The van der Waals surface area contributed by atoms with Crippen LogP contribution in [0.2, 0.25) is 0 Å². The zero-order valence-electron chi connectivity index (χ0n) is 13.4. The van der Waals surface area contributed by atoms with Crippen molar-refractivity contribution in [2.24, 2.45) is 30.2 Å². The maximum absolute atomic E-state index is 13.2. The molecular formula is C18H25N3O. The Labute approximate surface area is 131 Å². The number of amides is 1. The van der Waals surface area contributed by atoms with Crippen molar-refractivity contribution < 1.29 is 4.79 Å². The van der Waals surface area contributed by atoms with E-state index in [4.69, 9.17) is 0 Å². The molecule has 1 amide bonds. The summed E-state index contributed by atoms with van der Waals surface area (Å²) in [7, 11) is 1.97. The number of hydrogen-bond acceptors (Lipinski definition) is 2. The van der Waals surface area contributed by atoms with Crippen LogP contribution in [-0.4, -0.2) is 15.7 Å². The van der Waals surface area contributed by atoms with Gasteiger partial charge in [0.05, 0.1) is 11.1 Å². The van der Waals surface area contributed by atoms with Crippen molar-refractivity contribution >= 4 is 11.7 Å². The van der Waals surface area contributed by atoms with Gasteiger partial charge in [0.15, 0.2) is 0 Å². The first-order valence-corrected chi connectivity index (χ1v) is 8.99. The van der Waals surface area contributed by atoms with E-state index in [1.54, 1.807) is 0 Å². The standard InChI is InChI=1S/C18H25N3O/c1-21-16(14-3-2-4-15(14)20-21)19-17(22)18-8-11-5-12(9-18)7-13(6-11)10-18/h11-13H,2-10H2,1H3,(H,19,22). The molecule has 4 bridgehead atoms. The molecule has 6 rings (SSSR count). The highest BCUT2D eigenvalue weighted by molar-refractivity contribution is 5.95. The Morgan fingerprint density at radius 3 is 2.41 bits per heavy atom. The van der Waals surface area contributed by atoms with Crippen LogP contribution < -0.4 is 5.32 Å². The summed E-state index contributed by atoms with van der Waals surface area (Å²) in [5.74, 6) is 3.72. The van der Waals surface area contributed by atoms with Gasteiger partial charge in [0, 0.05) is 12.6 Å². The van der Waals surface area contributed by atoms with Crippen LogP contribution in [0.25, 0.3) is 0 Å². The van der Waals surface area contributed by atoms with Gasteiger partial charge in [-0.2, -0.15) is 5.10 Å². The van der Waals surface area contributed by atoms with Crippen LogP contribution in [0.5, 0.6) is 0 Å². The van der Waals surface area contributed by atoms with E-state index < -0.39 is 0 Å². The Morgan fingerprint density at radius 2 is 1.77 bits per heavy atom. The first-order valence-electron chi connectivity index (χ1n) is 8.99. The van der Waals surface area contributed by atoms with Gasteiger partial charge in [-0.25, -0.2) is 0 Å². The van der Waals surface area contributed by atoms with Crippen molar-refractivity contribution in [3.63, 3.8) is 0 Å². The normalized spacial score (nSPS) is 38.3. The Kier molecular flexibility index (Phi) is 2.61. The lowest BCUT2D eigenvalue weighted by molar-refractivity contribution is -0.140. The highest BCUT2D eigenvalue weighted by Gasteiger charge is 2.54. The molecule has 4 fully saturated rings. The van der Waals surface area contributed by atoms with E-state index >= 15 is 0 Å². The second kappa shape index (κ2) is 4.36. The molecule has 118 valence electrons. The van der Waals surface area contributed by atoms with E-state index in [0.29, 0.717) is 5.91 Å². The summed E-state index contributed by atoms with van der Waals surface area (Å²) in [5.41, 5.74) is 2.42. The maximum Gasteiger partial charge on any atom is 0.231 e. The smallest absolute Gasteiger partial charge is 0.231 e. The van der Waals surface area contributed by atoms with Gasteiger partial charge in [-0.1, -0.05) is 0 Å². The van der Waals surface area contributed by atoms with Gasteiger partial charge in [0.2, 0.25) is 5.91 Å². The molecule has 1 aromatic heterocycles. The summed E-state index contributed by atoms with van der Waals surface area (Å²) >= 11 is 0. The summed E-state index contributed by atoms with van der Waals surface area (Å²) in [4.78, 5) is 13.2. The van der Waals surface area contributed by atoms with Crippen molar-refractivity contribution in [2.45, 2.75) is 57.8 Å². The molecule has 4 nitrogen and oxygen atoms in total. The third-order valence-electron chi connectivity index (χ3n) is 6.82. The molecule has 0 radical (unpaired) electrons. The molecule has 5 aliphatic carbocycles. The van der Waals surface area contributed by atoms with Crippen LogP contribution in [0.15, 0.2) is 0 Å². The number of hydrogen-bond donors (Lipinski definition) is 1. The lowest BCUT2D eigenvalue weighted by atomic mass is 9.49. The van der Waals surface area contributed by atoms with E-state index in [-0.39, 0.29) is 5.41 Å². The molecule has 0 unspecified atom stereocenters. The predicted octanol–water partition coefficient (Wildman–Crippen LogP) is 3.06. The average Bonchev–Trinajstić information content (AvgIpc) is 3.00. The number of carbonyl (C=O) groups is 1. The number of anilines is 1. The van der Waals surface area contributed by atoms with Gasteiger partial charge in [0.1, 0.15) is 5.82 Å². The average molecular weight is 299 g/mol. The molecule has 1 N–H and O–H groups in total. The molecule has 0 saturated heterocycles. The van der Waals surface area contributed by atoms with E-state index in [1.807, 2.05) is 11.7 Å². The number of nitrogens with zero attached hydrogens (tertiary/aromatic N) is 2. The van der Waals surface area contributed by atoms with Gasteiger partial charge in [-0.05, 0) is 75.5 Å². The van der Waals surface area contributed by atoms with Crippen LogP contribution in [-0.2, 0) is 24.7 Å². The summed E-state index contributed by atoms with van der Waals surface area (Å²) in [6, 6.07) is 0. The molecular weight excluding hydrogens is 274 g/mol. The fraction of sp³-hybridized carbons (Fsp3) is 0.778. The fourth-order valence-electron chi connectivity index (χ4n) is 6.30. The van der Waals surface area contributed by atoms with Crippen molar-refractivity contribution in [3.05, 3.63) is 11.3 Å². The van der Waals surface area contributed by atoms with E-state index in [1.165, 1.54) is 36.9 Å². The quantitative estimate of drug-likeness (QED) is 0.912. The minimum Gasteiger partial charge on any atom is -0.310 e. The van der Waals surface area contributed by atoms with Crippen LogP contribution in [0.4, 0.5) is 5.82 Å². The Hall–Kier alpha value is -1.32. The number of aromatic nitrogens is 2. The van der Waals surface area contributed by atoms with Crippen LogP contribution in [0.3, 0.4) is 0 Å². The van der Waals surface area contributed by atoms with Gasteiger partial charge in [-0.3, -0.25) is 9.48 Å². The molecule has 1 heterocycles. The minimum absolute atomic E-state index is 0.0650. The summed E-state index contributed by atoms with van der Waals surface area (Å²) in [5, 5.41) is 7.90. The van der Waals surface area contributed by atoms with Gasteiger partial charge in [0.25, 0.3) is 0 Å². The number of carbonyl (C=O) groups excluding carboxylic acids is 1. The second-order valence-electron chi connectivity index (χ2n) is 8.40. The lowest BCUT2D eigenvalue weighted by Gasteiger charge is -2.55. The molecule has 4 heteroatoms. The highest BCUT2D eigenvalue weighted by Crippen LogP contribution is 2.60. The highest BCUT2D eigenvalue weighted by atomic mass is 16.2. The van der Waals surface area contributed by atoms with Crippen molar-refractivity contribution in [3.8, 4) is 0 Å². The Balaban J connectivity index is 1.44. The third kappa shape index (κ3) is 1.76. The topological polar surface area (TPSA) is 46.9 Å². The summed E-state index contributed by atoms with van der Waals surface area (Å²) in [6.07, 6.45) is 10.9. The molecule has 22 heavy (non-hydrogen) atoms. The molecule has 1 aromatic rings. The molecule has 4 saturated carbocycles. The second-order valence-corrected chi connectivity index (χ2v) is 8.40. The third-order valence-corrected chi connectivity index (χ3v) is 6.82. The number of aryl methyl sites for hydroxylation is 2. The monoisotopic (exact) mass is 299 g/mol. The van der Waals surface area contributed by atoms with Crippen molar-refractivity contribution in [2.75, 3.05) is 5.32 Å². The molecule has 0 aromatic carbocycles.